The standard InChI is InChI=1S/C13H12N6/c1-7(2)8-3-4-9(13-12(8)17-19-18-13)10-5-6-11(14)16-15-10/h3-6H,1H2,2H3,(H2,14,16)(H,17,18,19). The summed E-state index contributed by atoms with van der Waals surface area (Å²) >= 11 is 0. The van der Waals surface area contributed by atoms with Crippen molar-refractivity contribution in [1.82, 2.24) is 25.6 Å². The Morgan fingerprint density at radius 1 is 1.16 bits per heavy atom. The van der Waals surface area contributed by atoms with E-state index in [9.17, 15) is 0 Å². The van der Waals surface area contributed by atoms with E-state index in [-0.39, 0.29) is 0 Å². The van der Waals surface area contributed by atoms with Crippen LogP contribution in [0.1, 0.15) is 12.5 Å². The van der Waals surface area contributed by atoms with Gasteiger partial charge in [0.05, 0.1) is 11.2 Å². The molecule has 0 unspecified atom stereocenters. The van der Waals surface area contributed by atoms with Gasteiger partial charge in [-0.05, 0) is 30.7 Å². The maximum atomic E-state index is 5.54. The Labute approximate surface area is 109 Å². The Morgan fingerprint density at radius 2 is 2.00 bits per heavy atom. The molecule has 6 heteroatoms. The fraction of sp³-hybridized carbons (Fsp3) is 0.0769. The summed E-state index contributed by atoms with van der Waals surface area (Å²) in [7, 11) is 0. The molecule has 0 saturated heterocycles. The lowest BCUT2D eigenvalue weighted by atomic mass is 10.0. The lowest BCUT2D eigenvalue weighted by Gasteiger charge is -2.05. The average molecular weight is 252 g/mol. The zero-order valence-corrected chi connectivity index (χ0v) is 10.4. The van der Waals surface area contributed by atoms with Crippen LogP contribution in [0, 0.1) is 0 Å². The van der Waals surface area contributed by atoms with Crippen LogP contribution in [0.5, 0.6) is 0 Å². The number of benzene rings is 1. The van der Waals surface area contributed by atoms with Crippen LogP contribution in [0.4, 0.5) is 5.82 Å². The molecule has 1 aromatic carbocycles. The van der Waals surface area contributed by atoms with Crippen molar-refractivity contribution in [2.24, 2.45) is 0 Å². The van der Waals surface area contributed by atoms with E-state index in [4.69, 9.17) is 5.73 Å². The van der Waals surface area contributed by atoms with E-state index in [1.807, 2.05) is 25.1 Å². The zero-order chi connectivity index (χ0) is 13.4. The van der Waals surface area contributed by atoms with Crippen molar-refractivity contribution in [2.45, 2.75) is 6.92 Å². The highest BCUT2D eigenvalue weighted by molar-refractivity contribution is 5.96. The summed E-state index contributed by atoms with van der Waals surface area (Å²) in [4.78, 5) is 0. The smallest absolute Gasteiger partial charge is 0.146 e. The fourth-order valence-electron chi connectivity index (χ4n) is 1.98. The maximum Gasteiger partial charge on any atom is 0.146 e. The maximum absolute atomic E-state index is 5.54. The molecule has 0 aliphatic heterocycles. The number of H-pyrrole nitrogens is 1. The molecule has 94 valence electrons. The number of aromatic nitrogens is 5. The first-order valence-corrected chi connectivity index (χ1v) is 5.76. The van der Waals surface area contributed by atoms with Crippen LogP contribution in [0.3, 0.4) is 0 Å². The van der Waals surface area contributed by atoms with Crippen molar-refractivity contribution in [3.63, 3.8) is 0 Å². The first kappa shape index (κ1) is 11.3. The Bertz CT molecular complexity index is 756. The van der Waals surface area contributed by atoms with Gasteiger partial charge in [-0.2, -0.15) is 0 Å². The van der Waals surface area contributed by atoms with E-state index < -0.39 is 0 Å². The van der Waals surface area contributed by atoms with E-state index in [1.54, 1.807) is 6.07 Å². The topological polar surface area (TPSA) is 93.4 Å². The van der Waals surface area contributed by atoms with Gasteiger partial charge in [-0.1, -0.05) is 17.9 Å². The SMILES string of the molecule is C=C(C)c1ccc(-c2ccc(N)nn2)c2[nH]nnc12. The molecule has 2 heterocycles. The molecular weight excluding hydrogens is 240 g/mol. The largest absolute Gasteiger partial charge is 0.382 e. The molecular formula is C13H12N6. The number of aromatic amines is 1. The van der Waals surface area contributed by atoms with Gasteiger partial charge in [0.2, 0.25) is 0 Å². The molecule has 3 rings (SSSR count). The molecule has 19 heavy (non-hydrogen) atoms. The summed E-state index contributed by atoms with van der Waals surface area (Å²) in [5.74, 6) is 0.390. The highest BCUT2D eigenvalue weighted by Gasteiger charge is 2.12. The number of nitrogen functional groups attached to an aromatic ring is 1. The third-order valence-electron chi connectivity index (χ3n) is 2.91. The third kappa shape index (κ3) is 1.83. The number of nitrogens with two attached hydrogens (primary N) is 1. The fourth-order valence-corrected chi connectivity index (χ4v) is 1.98. The van der Waals surface area contributed by atoms with Crippen molar-refractivity contribution in [2.75, 3.05) is 5.73 Å². The first-order valence-electron chi connectivity index (χ1n) is 5.76. The van der Waals surface area contributed by atoms with E-state index in [2.05, 4.69) is 32.2 Å². The summed E-state index contributed by atoms with van der Waals surface area (Å²) in [6, 6.07) is 7.44. The quantitative estimate of drug-likeness (QED) is 0.727. The Kier molecular flexibility index (Phi) is 2.49. The number of hydrogen-bond donors (Lipinski definition) is 2. The molecule has 0 fully saturated rings. The van der Waals surface area contributed by atoms with Gasteiger partial charge in [0.1, 0.15) is 11.3 Å². The summed E-state index contributed by atoms with van der Waals surface area (Å²) in [6.07, 6.45) is 0. The molecule has 2 aromatic heterocycles. The van der Waals surface area contributed by atoms with Crippen LogP contribution in [0.15, 0.2) is 30.8 Å². The zero-order valence-electron chi connectivity index (χ0n) is 10.4. The molecule has 0 atom stereocenters. The monoisotopic (exact) mass is 252 g/mol. The van der Waals surface area contributed by atoms with Crippen molar-refractivity contribution < 1.29 is 0 Å². The average Bonchev–Trinajstić information content (AvgIpc) is 2.87. The molecule has 0 saturated carbocycles. The highest BCUT2D eigenvalue weighted by atomic mass is 15.3. The number of nitrogens with one attached hydrogen (secondary N) is 1. The molecule has 0 bridgehead atoms. The molecule has 0 amide bonds. The predicted octanol–water partition coefficient (Wildman–Crippen LogP) is 2.03. The van der Waals surface area contributed by atoms with Gasteiger partial charge >= 0.3 is 0 Å². The number of fused-ring (bicyclic) bond motifs is 1. The van der Waals surface area contributed by atoms with Gasteiger partial charge in [0.25, 0.3) is 0 Å². The van der Waals surface area contributed by atoms with Crippen LogP contribution in [-0.2, 0) is 0 Å². The molecule has 0 radical (unpaired) electrons. The Balaban J connectivity index is 2.26. The molecule has 3 aromatic rings. The third-order valence-corrected chi connectivity index (χ3v) is 2.91. The molecule has 0 aliphatic carbocycles. The van der Waals surface area contributed by atoms with Crippen LogP contribution < -0.4 is 5.73 Å². The van der Waals surface area contributed by atoms with Crippen LogP contribution in [0.2, 0.25) is 0 Å². The van der Waals surface area contributed by atoms with E-state index in [0.29, 0.717) is 5.82 Å². The number of hydrogen-bond acceptors (Lipinski definition) is 5. The second-order valence-corrected chi connectivity index (χ2v) is 4.32. The summed E-state index contributed by atoms with van der Waals surface area (Å²) in [5, 5.41) is 18.8. The molecule has 3 N–H and O–H groups in total. The summed E-state index contributed by atoms with van der Waals surface area (Å²) in [5.41, 5.74) is 10.7. The summed E-state index contributed by atoms with van der Waals surface area (Å²) < 4.78 is 0. The van der Waals surface area contributed by atoms with Gasteiger partial charge in [-0.15, -0.1) is 15.3 Å². The Hall–Kier alpha value is -2.76. The first-order chi connectivity index (χ1) is 9.16. The number of allylic oxidation sites excluding steroid dienone is 1. The molecule has 6 nitrogen and oxygen atoms in total. The van der Waals surface area contributed by atoms with E-state index in [1.165, 1.54) is 0 Å². The van der Waals surface area contributed by atoms with Crippen molar-refractivity contribution in [3.8, 4) is 11.3 Å². The van der Waals surface area contributed by atoms with Crippen LogP contribution in [0.25, 0.3) is 27.9 Å². The van der Waals surface area contributed by atoms with E-state index in [0.717, 1.165) is 33.4 Å². The molecule has 0 aliphatic rings. The van der Waals surface area contributed by atoms with Gasteiger partial charge in [0, 0.05) is 11.1 Å². The Morgan fingerprint density at radius 3 is 2.68 bits per heavy atom. The van der Waals surface area contributed by atoms with Gasteiger partial charge in [0.15, 0.2) is 0 Å². The number of nitrogens with zero attached hydrogens (tertiary/aromatic N) is 4. The van der Waals surface area contributed by atoms with Crippen molar-refractivity contribution in [3.05, 3.63) is 36.4 Å². The second-order valence-electron chi connectivity index (χ2n) is 4.32. The van der Waals surface area contributed by atoms with Crippen LogP contribution >= 0.6 is 0 Å². The lowest BCUT2D eigenvalue weighted by molar-refractivity contribution is 0.958. The van der Waals surface area contributed by atoms with Crippen LogP contribution in [-0.4, -0.2) is 25.6 Å². The predicted molar refractivity (Wildman–Crippen MR) is 74.0 cm³/mol. The van der Waals surface area contributed by atoms with Gasteiger partial charge < -0.3 is 5.73 Å². The van der Waals surface area contributed by atoms with Crippen molar-refractivity contribution in [1.29, 1.82) is 0 Å². The summed E-state index contributed by atoms with van der Waals surface area (Å²) in [6.45, 7) is 5.88. The number of rotatable bonds is 2. The lowest BCUT2D eigenvalue weighted by Crippen LogP contribution is -1.95. The van der Waals surface area contributed by atoms with Gasteiger partial charge in [-0.3, -0.25) is 5.10 Å². The minimum atomic E-state index is 0.390. The second kappa shape index (κ2) is 4.16. The minimum absolute atomic E-state index is 0.390. The highest BCUT2D eigenvalue weighted by Crippen LogP contribution is 2.29. The van der Waals surface area contributed by atoms with Crippen molar-refractivity contribution >= 4 is 22.4 Å². The number of anilines is 1. The minimum Gasteiger partial charge on any atom is -0.382 e. The normalized spacial score (nSPS) is 10.8. The van der Waals surface area contributed by atoms with Gasteiger partial charge in [-0.25, -0.2) is 0 Å². The molecule has 0 spiro atoms. The van der Waals surface area contributed by atoms with E-state index >= 15 is 0 Å².